The maximum absolute atomic E-state index is 6.24. The fourth-order valence-corrected chi connectivity index (χ4v) is 2.15. The third-order valence-electron chi connectivity index (χ3n) is 3.19. The molecule has 2 aliphatic rings. The first-order valence-corrected chi connectivity index (χ1v) is 5.43. The Morgan fingerprint density at radius 1 is 1.64 bits per heavy atom. The maximum Gasteiger partial charge on any atom is 0.0659 e. The molecule has 3 heteroatoms. The molecule has 0 aromatic rings. The zero-order valence-corrected chi connectivity index (χ0v) is 8.96. The molecule has 0 aromatic carbocycles. The number of ether oxygens (including phenoxy) is 1. The molecule has 1 fully saturated rings. The second kappa shape index (κ2) is 4.01. The molecular formula is C11H20N2O. The Morgan fingerprint density at radius 3 is 3.07 bits per heavy atom. The van der Waals surface area contributed by atoms with E-state index in [1.54, 1.807) is 0 Å². The van der Waals surface area contributed by atoms with E-state index in [9.17, 15) is 0 Å². The Morgan fingerprint density at radius 2 is 2.50 bits per heavy atom. The van der Waals surface area contributed by atoms with Crippen LogP contribution in [0.5, 0.6) is 0 Å². The van der Waals surface area contributed by atoms with Gasteiger partial charge in [0, 0.05) is 26.2 Å². The minimum Gasteiger partial charge on any atom is -0.379 e. The van der Waals surface area contributed by atoms with Gasteiger partial charge in [0.15, 0.2) is 0 Å². The average molecular weight is 196 g/mol. The van der Waals surface area contributed by atoms with Crippen molar-refractivity contribution in [2.75, 3.05) is 32.8 Å². The van der Waals surface area contributed by atoms with Crippen LogP contribution in [0.1, 0.15) is 19.8 Å². The van der Waals surface area contributed by atoms with Crippen molar-refractivity contribution in [3.8, 4) is 0 Å². The number of nitrogens with zero attached hydrogens (tertiary/aromatic N) is 1. The van der Waals surface area contributed by atoms with Gasteiger partial charge in [0.25, 0.3) is 0 Å². The summed E-state index contributed by atoms with van der Waals surface area (Å²) in [6, 6.07) is 0. The van der Waals surface area contributed by atoms with E-state index in [1.165, 1.54) is 12.0 Å². The van der Waals surface area contributed by atoms with E-state index in [-0.39, 0.29) is 5.54 Å². The molecule has 0 radical (unpaired) electrons. The predicted octanol–water partition coefficient (Wildman–Crippen LogP) is 0.756. The van der Waals surface area contributed by atoms with Crippen LogP contribution in [0.4, 0.5) is 0 Å². The van der Waals surface area contributed by atoms with Crippen molar-refractivity contribution < 1.29 is 4.74 Å². The highest BCUT2D eigenvalue weighted by molar-refractivity contribution is 5.05. The molecule has 2 heterocycles. The Bertz CT molecular complexity index is 231. The number of hydrogen-bond acceptors (Lipinski definition) is 3. The SMILES string of the molecule is CC1=CCN(CC2(N)CCOC2)CC1. The molecule has 0 spiro atoms. The van der Waals surface area contributed by atoms with E-state index in [4.69, 9.17) is 10.5 Å². The van der Waals surface area contributed by atoms with Crippen LogP contribution in [0.2, 0.25) is 0 Å². The molecule has 1 atom stereocenters. The van der Waals surface area contributed by atoms with Gasteiger partial charge in [0.1, 0.15) is 0 Å². The first-order chi connectivity index (χ1) is 6.68. The third kappa shape index (κ3) is 2.35. The molecule has 1 unspecified atom stereocenters. The normalized spacial score (nSPS) is 34.6. The maximum atomic E-state index is 6.24. The van der Waals surface area contributed by atoms with Crippen LogP contribution in [-0.2, 0) is 4.74 Å². The summed E-state index contributed by atoms with van der Waals surface area (Å²) in [7, 11) is 0. The van der Waals surface area contributed by atoms with Gasteiger partial charge >= 0.3 is 0 Å². The van der Waals surface area contributed by atoms with Crippen molar-refractivity contribution >= 4 is 0 Å². The Kier molecular flexibility index (Phi) is 2.91. The summed E-state index contributed by atoms with van der Waals surface area (Å²) in [6.07, 6.45) is 4.51. The Hall–Kier alpha value is -0.380. The average Bonchev–Trinajstić information content (AvgIpc) is 2.57. The third-order valence-corrected chi connectivity index (χ3v) is 3.19. The van der Waals surface area contributed by atoms with E-state index in [2.05, 4.69) is 17.9 Å². The highest BCUT2D eigenvalue weighted by atomic mass is 16.5. The number of rotatable bonds is 2. The Labute approximate surface area is 85.9 Å². The minimum atomic E-state index is -0.0842. The summed E-state index contributed by atoms with van der Waals surface area (Å²) in [5.41, 5.74) is 7.66. The summed E-state index contributed by atoms with van der Waals surface area (Å²) in [4.78, 5) is 2.43. The molecule has 2 N–H and O–H groups in total. The molecule has 1 saturated heterocycles. The van der Waals surface area contributed by atoms with Gasteiger partial charge in [-0.1, -0.05) is 11.6 Å². The molecule has 0 aromatic heterocycles. The van der Waals surface area contributed by atoms with Gasteiger partial charge in [0.05, 0.1) is 12.1 Å². The van der Waals surface area contributed by atoms with Crippen LogP contribution in [0, 0.1) is 0 Å². The van der Waals surface area contributed by atoms with Crippen molar-refractivity contribution in [2.24, 2.45) is 5.73 Å². The van der Waals surface area contributed by atoms with Crippen LogP contribution in [0.15, 0.2) is 11.6 Å². The fraction of sp³-hybridized carbons (Fsp3) is 0.818. The van der Waals surface area contributed by atoms with Crippen LogP contribution in [-0.4, -0.2) is 43.3 Å². The lowest BCUT2D eigenvalue weighted by atomic mass is 9.98. The van der Waals surface area contributed by atoms with Crippen LogP contribution in [0.3, 0.4) is 0 Å². The highest BCUT2D eigenvalue weighted by Gasteiger charge is 2.32. The van der Waals surface area contributed by atoms with Gasteiger partial charge in [-0.2, -0.15) is 0 Å². The van der Waals surface area contributed by atoms with E-state index in [0.717, 1.165) is 39.3 Å². The summed E-state index contributed by atoms with van der Waals surface area (Å²) in [6.45, 7) is 6.96. The lowest BCUT2D eigenvalue weighted by Crippen LogP contribution is -2.51. The molecule has 80 valence electrons. The van der Waals surface area contributed by atoms with Gasteiger partial charge in [0.2, 0.25) is 0 Å². The topological polar surface area (TPSA) is 38.5 Å². The smallest absolute Gasteiger partial charge is 0.0659 e. The summed E-state index contributed by atoms with van der Waals surface area (Å²) in [5, 5.41) is 0. The molecule has 2 aliphatic heterocycles. The van der Waals surface area contributed by atoms with Gasteiger partial charge in [-0.15, -0.1) is 0 Å². The zero-order chi connectivity index (χ0) is 10.0. The zero-order valence-electron chi connectivity index (χ0n) is 8.96. The van der Waals surface area contributed by atoms with Crippen molar-refractivity contribution in [2.45, 2.75) is 25.3 Å². The lowest BCUT2D eigenvalue weighted by molar-refractivity contribution is 0.156. The van der Waals surface area contributed by atoms with Crippen molar-refractivity contribution in [1.82, 2.24) is 4.90 Å². The second-order valence-corrected chi connectivity index (χ2v) is 4.70. The summed E-state index contributed by atoms with van der Waals surface area (Å²) >= 11 is 0. The van der Waals surface area contributed by atoms with E-state index >= 15 is 0 Å². The first-order valence-electron chi connectivity index (χ1n) is 5.43. The molecular weight excluding hydrogens is 176 g/mol. The molecule has 0 aliphatic carbocycles. The van der Waals surface area contributed by atoms with E-state index < -0.39 is 0 Å². The largest absolute Gasteiger partial charge is 0.379 e. The van der Waals surface area contributed by atoms with Gasteiger partial charge in [-0.25, -0.2) is 0 Å². The standard InChI is InChI=1S/C11H20N2O/c1-10-2-5-13(6-3-10)8-11(12)4-7-14-9-11/h2H,3-9,12H2,1H3. The van der Waals surface area contributed by atoms with Gasteiger partial charge in [-0.05, 0) is 19.8 Å². The predicted molar refractivity (Wildman–Crippen MR) is 57.2 cm³/mol. The molecule has 0 saturated carbocycles. The van der Waals surface area contributed by atoms with Crippen LogP contribution >= 0.6 is 0 Å². The Balaban J connectivity index is 1.86. The molecule has 2 rings (SSSR count). The summed E-state index contributed by atoms with van der Waals surface area (Å²) in [5.74, 6) is 0. The second-order valence-electron chi connectivity index (χ2n) is 4.70. The number of hydrogen-bond donors (Lipinski definition) is 1. The van der Waals surface area contributed by atoms with Crippen molar-refractivity contribution in [3.05, 3.63) is 11.6 Å². The molecule has 0 bridgehead atoms. The molecule has 3 nitrogen and oxygen atoms in total. The lowest BCUT2D eigenvalue weighted by Gasteiger charge is -2.32. The van der Waals surface area contributed by atoms with E-state index in [0.29, 0.717) is 0 Å². The van der Waals surface area contributed by atoms with Crippen LogP contribution in [0.25, 0.3) is 0 Å². The van der Waals surface area contributed by atoms with Gasteiger partial charge in [-0.3, -0.25) is 4.90 Å². The minimum absolute atomic E-state index is 0.0842. The fourth-order valence-electron chi connectivity index (χ4n) is 2.15. The molecule has 0 amide bonds. The highest BCUT2D eigenvalue weighted by Crippen LogP contribution is 2.19. The van der Waals surface area contributed by atoms with Crippen molar-refractivity contribution in [1.29, 1.82) is 0 Å². The van der Waals surface area contributed by atoms with Crippen LogP contribution < -0.4 is 5.73 Å². The summed E-state index contributed by atoms with van der Waals surface area (Å²) < 4.78 is 5.36. The number of nitrogens with two attached hydrogens (primary N) is 1. The quantitative estimate of drug-likeness (QED) is 0.663. The van der Waals surface area contributed by atoms with Gasteiger partial charge < -0.3 is 10.5 Å². The first kappa shape index (κ1) is 10.1. The van der Waals surface area contributed by atoms with E-state index in [1.807, 2.05) is 0 Å². The monoisotopic (exact) mass is 196 g/mol. The molecule has 14 heavy (non-hydrogen) atoms. The van der Waals surface area contributed by atoms with Crippen molar-refractivity contribution in [3.63, 3.8) is 0 Å².